The number of hydrogen-bond acceptors (Lipinski definition) is 4. The molecule has 0 radical (unpaired) electrons. The lowest BCUT2D eigenvalue weighted by Crippen LogP contribution is -2.02. The first kappa shape index (κ1) is 19.3. The maximum absolute atomic E-state index is 13.3. The topological polar surface area (TPSA) is 86.3 Å². The van der Waals surface area contributed by atoms with Crippen LogP contribution in [0.25, 0.3) is 11.1 Å². The summed E-state index contributed by atoms with van der Waals surface area (Å²) in [4.78, 5) is 19.0. The summed E-state index contributed by atoms with van der Waals surface area (Å²) in [6, 6.07) is 7.95. The smallest absolute Gasteiger partial charge is 0.336 e. The van der Waals surface area contributed by atoms with Crippen molar-refractivity contribution < 1.29 is 14.3 Å². The Bertz CT molecular complexity index is 933. The van der Waals surface area contributed by atoms with Gasteiger partial charge in [-0.25, -0.2) is 9.18 Å². The molecule has 0 saturated carbocycles. The molecule has 2 aromatic rings. The van der Waals surface area contributed by atoms with Gasteiger partial charge in [-0.3, -0.25) is 9.98 Å². The summed E-state index contributed by atoms with van der Waals surface area (Å²) in [7, 11) is 1.50. The third-order valence-corrected chi connectivity index (χ3v) is 3.88. The summed E-state index contributed by atoms with van der Waals surface area (Å²) in [5, 5.41) is 18.4. The molecule has 0 aliphatic heterocycles. The highest BCUT2D eigenvalue weighted by Gasteiger charge is 2.10. The Morgan fingerprint density at radius 1 is 1.46 bits per heavy atom. The fourth-order valence-corrected chi connectivity index (χ4v) is 2.51. The first-order valence-electron chi connectivity index (χ1n) is 7.66. The Hall–Kier alpha value is -3.04. The molecule has 1 heterocycles. The van der Waals surface area contributed by atoms with Gasteiger partial charge in [-0.1, -0.05) is 23.7 Å². The van der Waals surface area contributed by atoms with Gasteiger partial charge in [0.1, 0.15) is 5.82 Å². The van der Waals surface area contributed by atoms with E-state index in [-0.39, 0.29) is 10.6 Å². The molecule has 5 nitrogen and oxygen atoms in total. The van der Waals surface area contributed by atoms with Crippen molar-refractivity contribution >= 4 is 23.8 Å². The number of aromatic nitrogens is 1. The van der Waals surface area contributed by atoms with Gasteiger partial charge in [0.25, 0.3) is 0 Å². The summed E-state index contributed by atoms with van der Waals surface area (Å²) in [6.07, 6.45) is 5.27. The van der Waals surface area contributed by atoms with Crippen LogP contribution in [0, 0.1) is 17.1 Å². The molecular weight excluding hydrogens is 357 g/mol. The van der Waals surface area contributed by atoms with E-state index in [0.29, 0.717) is 35.2 Å². The normalized spacial score (nSPS) is 11.5. The monoisotopic (exact) mass is 371 g/mol. The van der Waals surface area contributed by atoms with E-state index in [1.807, 2.05) is 0 Å². The van der Waals surface area contributed by atoms with Crippen molar-refractivity contribution in [3.8, 4) is 17.2 Å². The first-order chi connectivity index (χ1) is 12.5. The standard InChI is InChI=1S/C19H15ClFN3O2/c1-23-10-13(19(25)26)3-2-4-15-7-14(9-22)16(11-24-15)12-5-6-18(21)17(20)8-12/h3,5-8,10-11H,2,4H2,1H3,(H,25,26)/b13-3+,23-10?. The second kappa shape index (κ2) is 8.88. The van der Waals surface area contributed by atoms with Crippen molar-refractivity contribution in [2.75, 3.05) is 7.05 Å². The van der Waals surface area contributed by atoms with Crippen LogP contribution in [0.1, 0.15) is 17.7 Å². The van der Waals surface area contributed by atoms with E-state index >= 15 is 0 Å². The van der Waals surface area contributed by atoms with E-state index in [2.05, 4.69) is 16.0 Å². The molecule has 1 N–H and O–H groups in total. The Balaban J connectivity index is 2.23. The Morgan fingerprint density at radius 3 is 2.85 bits per heavy atom. The SMILES string of the molecule is CN=C/C(=C\CCc1cc(C#N)c(-c2ccc(F)c(Cl)c2)cn1)C(=O)O. The van der Waals surface area contributed by atoms with E-state index < -0.39 is 11.8 Å². The van der Waals surface area contributed by atoms with Crippen LogP contribution in [0.5, 0.6) is 0 Å². The zero-order valence-electron chi connectivity index (χ0n) is 13.9. The van der Waals surface area contributed by atoms with Crippen molar-refractivity contribution in [1.82, 2.24) is 4.98 Å². The van der Waals surface area contributed by atoms with Gasteiger partial charge in [-0.15, -0.1) is 0 Å². The number of carboxylic acid groups (broad SMARTS) is 1. The largest absolute Gasteiger partial charge is 0.478 e. The van der Waals surface area contributed by atoms with Crippen LogP contribution in [0.3, 0.4) is 0 Å². The van der Waals surface area contributed by atoms with Crippen LogP contribution in [-0.2, 0) is 11.2 Å². The predicted octanol–water partition coefficient (Wildman–Crippen LogP) is 4.06. The average Bonchev–Trinajstić information content (AvgIpc) is 2.63. The van der Waals surface area contributed by atoms with E-state index in [0.717, 1.165) is 0 Å². The van der Waals surface area contributed by atoms with Crippen molar-refractivity contribution in [3.63, 3.8) is 0 Å². The maximum atomic E-state index is 13.3. The number of aliphatic imine (C=N–C) groups is 1. The van der Waals surface area contributed by atoms with Crippen LogP contribution in [0.2, 0.25) is 5.02 Å². The Morgan fingerprint density at radius 2 is 2.23 bits per heavy atom. The number of hydrogen-bond donors (Lipinski definition) is 1. The average molecular weight is 372 g/mol. The van der Waals surface area contributed by atoms with E-state index in [9.17, 15) is 14.4 Å². The zero-order valence-corrected chi connectivity index (χ0v) is 14.7. The fraction of sp³-hybridized carbons (Fsp3) is 0.158. The third-order valence-electron chi connectivity index (χ3n) is 3.59. The number of halogens is 2. The highest BCUT2D eigenvalue weighted by Crippen LogP contribution is 2.27. The van der Waals surface area contributed by atoms with Gasteiger partial charge < -0.3 is 5.11 Å². The second-order valence-electron chi connectivity index (χ2n) is 5.35. The lowest BCUT2D eigenvalue weighted by Gasteiger charge is -2.07. The van der Waals surface area contributed by atoms with Crippen LogP contribution in [0.4, 0.5) is 4.39 Å². The molecule has 0 spiro atoms. The van der Waals surface area contributed by atoms with E-state index in [1.54, 1.807) is 12.1 Å². The third kappa shape index (κ3) is 4.74. The van der Waals surface area contributed by atoms with Crippen LogP contribution < -0.4 is 0 Å². The van der Waals surface area contributed by atoms with Gasteiger partial charge in [-0.2, -0.15) is 5.26 Å². The summed E-state index contributed by atoms with van der Waals surface area (Å²) >= 11 is 5.80. The minimum absolute atomic E-state index is 0.0283. The molecule has 0 atom stereocenters. The molecule has 0 aliphatic carbocycles. The van der Waals surface area contributed by atoms with Crippen LogP contribution >= 0.6 is 11.6 Å². The maximum Gasteiger partial charge on any atom is 0.336 e. The summed E-state index contributed by atoms with van der Waals surface area (Å²) < 4.78 is 13.3. The molecule has 0 saturated heterocycles. The van der Waals surface area contributed by atoms with Crippen LogP contribution in [0.15, 0.2) is 47.1 Å². The van der Waals surface area contributed by atoms with Gasteiger partial charge in [0.15, 0.2) is 0 Å². The Labute approximate surface area is 155 Å². The fourth-order valence-electron chi connectivity index (χ4n) is 2.33. The molecule has 0 aliphatic rings. The molecule has 1 aromatic carbocycles. The number of aryl methyl sites for hydroxylation is 1. The number of aliphatic carboxylic acids is 1. The quantitative estimate of drug-likeness (QED) is 0.612. The molecule has 7 heteroatoms. The minimum Gasteiger partial charge on any atom is -0.478 e. The number of allylic oxidation sites excluding steroid dienone is 1. The number of nitriles is 1. The van der Waals surface area contributed by atoms with Gasteiger partial charge in [0.05, 0.1) is 22.2 Å². The highest BCUT2D eigenvalue weighted by atomic mass is 35.5. The molecule has 0 bridgehead atoms. The second-order valence-corrected chi connectivity index (χ2v) is 5.76. The first-order valence-corrected chi connectivity index (χ1v) is 8.04. The highest BCUT2D eigenvalue weighted by molar-refractivity contribution is 6.31. The van der Waals surface area contributed by atoms with Crippen molar-refractivity contribution in [3.05, 3.63) is 64.2 Å². The molecule has 0 amide bonds. The van der Waals surface area contributed by atoms with E-state index in [1.165, 1.54) is 37.7 Å². The zero-order chi connectivity index (χ0) is 19.1. The summed E-state index contributed by atoms with van der Waals surface area (Å²) in [6.45, 7) is 0. The molecule has 0 fully saturated rings. The Kier molecular flexibility index (Phi) is 6.59. The van der Waals surface area contributed by atoms with Crippen molar-refractivity contribution in [2.45, 2.75) is 12.8 Å². The molecular formula is C19H15ClFN3O2. The van der Waals surface area contributed by atoms with E-state index in [4.69, 9.17) is 16.7 Å². The predicted molar refractivity (Wildman–Crippen MR) is 97.8 cm³/mol. The van der Waals surface area contributed by atoms with Crippen molar-refractivity contribution in [2.24, 2.45) is 4.99 Å². The number of rotatable bonds is 6. The number of benzene rings is 1. The molecule has 2 rings (SSSR count). The summed E-state index contributed by atoms with van der Waals surface area (Å²) in [5.74, 6) is -1.58. The number of carbonyl (C=O) groups is 1. The van der Waals surface area contributed by atoms with Crippen molar-refractivity contribution in [1.29, 1.82) is 5.26 Å². The van der Waals surface area contributed by atoms with Gasteiger partial charge in [0.2, 0.25) is 0 Å². The van der Waals surface area contributed by atoms with Gasteiger partial charge >= 0.3 is 5.97 Å². The van der Waals surface area contributed by atoms with Gasteiger partial charge in [-0.05, 0) is 36.6 Å². The molecule has 26 heavy (non-hydrogen) atoms. The molecule has 132 valence electrons. The number of pyridine rings is 1. The lowest BCUT2D eigenvalue weighted by atomic mass is 10.0. The van der Waals surface area contributed by atoms with Crippen LogP contribution in [-0.4, -0.2) is 29.3 Å². The molecule has 0 unspecified atom stereocenters. The van der Waals surface area contributed by atoms with Gasteiger partial charge in [0, 0.05) is 30.7 Å². The molecule has 1 aromatic heterocycles. The number of carboxylic acids is 1. The lowest BCUT2D eigenvalue weighted by molar-refractivity contribution is -0.132. The summed E-state index contributed by atoms with van der Waals surface area (Å²) in [5.41, 5.74) is 2.28. The number of nitrogens with zero attached hydrogens (tertiary/aromatic N) is 3. The minimum atomic E-state index is -1.05.